The lowest BCUT2D eigenvalue weighted by Gasteiger charge is -2.30. The lowest BCUT2D eigenvalue weighted by atomic mass is 9.96. The third-order valence-electron chi connectivity index (χ3n) is 1.39. The standard InChI is InChI=1S/C8H13O2/c1-4-7-9-5-8(2,3)6-10-7/h5-6H2,1-3H3. The van der Waals surface area contributed by atoms with Gasteiger partial charge in [-0.25, -0.2) is 0 Å². The second-order valence-corrected chi connectivity index (χ2v) is 3.28. The molecule has 57 valence electrons. The van der Waals surface area contributed by atoms with Crippen LogP contribution in [0.3, 0.4) is 0 Å². The monoisotopic (exact) mass is 141 g/mol. The SMILES string of the molecule is C[C]=C1OCC(C)(C)CO1. The number of allylic oxidation sites excluding steroid dienone is 1. The van der Waals surface area contributed by atoms with Gasteiger partial charge in [-0.2, -0.15) is 0 Å². The zero-order chi connectivity index (χ0) is 7.61. The molecule has 0 aliphatic carbocycles. The van der Waals surface area contributed by atoms with E-state index in [1.807, 2.05) is 0 Å². The van der Waals surface area contributed by atoms with Crippen molar-refractivity contribution in [2.75, 3.05) is 13.2 Å². The minimum absolute atomic E-state index is 0.153. The number of rotatable bonds is 0. The summed E-state index contributed by atoms with van der Waals surface area (Å²) in [6.45, 7) is 7.46. The van der Waals surface area contributed by atoms with Crippen LogP contribution in [0.25, 0.3) is 0 Å². The van der Waals surface area contributed by atoms with E-state index in [9.17, 15) is 0 Å². The summed E-state index contributed by atoms with van der Waals surface area (Å²) in [6.07, 6.45) is 2.81. The van der Waals surface area contributed by atoms with Gasteiger partial charge in [-0.3, -0.25) is 0 Å². The van der Waals surface area contributed by atoms with Crippen molar-refractivity contribution < 1.29 is 9.47 Å². The van der Waals surface area contributed by atoms with Crippen molar-refractivity contribution in [2.45, 2.75) is 20.8 Å². The van der Waals surface area contributed by atoms with Crippen LogP contribution in [0.4, 0.5) is 0 Å². The third-order valence-corrected chi connectivity index (χ3v) is 1.39. The first-order chi connectivity index (χ1) is 4.64. The van der Waals surface area contributed by atoms with Gasteiger partial charge in [0.05, 0.1) is 13.2 Å². The topological polar surface area (TPSA) is 18.5 Å². The molecule has 1 rings (SSSR count). The molecule has 1 aliphatic rings. The molecule has 0 amide bonds. The second kappa shape index (κ2) is 2.52. The van der Waals surface area contributed by atoms with Crippen LogP contribution in [0, 0.1) is 11.5 Å². The lowest BCUT2D eigenvalue weighted by Crippen LogP contribution is -2.30. The highest BCUT2D eigenvalue weighted by molar-refractivity contribution is 4.81. The summed E-state index contributed by atoms with van der Waals surface area (Å²) in [5.74, 6) is 0.541. The van der Waals surface area contributed by atoms with E-state index >= 15 is 0 Å². The molecule has 1 heterocycles. The molecule has 1 saturated heterocycles. The molecular formula is C8H13O2. The van der Waals surface area contributed by atoms with Crippen LogP contribution in [0.1, 0.15) is 20.8 Å². The Bertz CT molecular complexity index is 135. The maximum atomic E-state index is 5.23. The van der Waals surface area contributed by atoms with Gasteiger partial charge < -0.3 is 9.47 Å². The van der Waals surface area contributed by atoms with Gasteiger partial charge in [-0.05, 0) is 6.92 Å². The van der Waals surface area contributed by atoms with Gasteiger partial charge in [-0.15, -0.1) is 0 Å². The number of hydrogen-bond acceptors (Lipinski definition) is 2. The predicted octanol–water partition coefficient (Wildman–Crippen LogP) is 1.72. The predicted molar refractivity (Wildman–Crippen MR) is 38.1 cm³/mol. The van der Waals surface area contributed by atoms with E-state index in [0.717, 1.165) is 13.2 Å². The maximum absolute atomic E-state index is 5.23. The van der Waals surface area contributed by atoms with Crippen molar-refractivity contribution in [3.8, 4) is 0 Å². The summed E-state index contributed by atoms with van der Waals surface area (Å²) in [5.41, 5.74) is 0.153. The van der Waals surface area contributed by atoms with E-state index in [1.165, 1.54) is 0 Å². The van der Waals surface area contributed by atoms with Gasteiger partial charge in [0.2, 0.25) is 0 Å². The molecule has 10 heavy (non-hydrogen) atoms. The summed E-state index contributed by atoms with van der Waals surface area (Å²) < 4.78 is 10.5. The van der Waals surface area contributed by atoms with Gasteiger partial charge in [0.25, 0.3) is 5.95 Å². The van der Waals surface area contributed by atoms with E-state index in [1.54, 1.807) is 6.92 Å². The minimum Gasteiger partial charge on any atom is -0.465 e. The van der Waals surface area contributed by atoms with Gasteiger partial charge in [0.15, 0.2) is 0 Å². The largest absolute Gasteiger partial charge is 0.465 e. The van der Waals surface area contributed by atoms with Crippen molar-refractivity contribution in [2.24, 2.45) is 5.41 Å². The van der Waals surface area contributed by atoms with E-state index in [-0.39, 0.29) is 5.41 Å². The Balaban J connectivity index is 2.46. The Morgan fingerprint density at radius 1 is 1.30 bits per heavy atom. The molecule has 1 fully saturated rings. The van der Waals surface area contributed by atoms with Crippen molar-refractivity contribution >= 4 is 0 Å². The maximum Gasteiger partial charge on any atom is 0.282 e. The Morgan fingerprint density at radius 2 is 1.80 bits per heavy atom. The van der Waals surface area contributed by atoms with Crippen LogP contribution < -0.4 is 0 Å². The van der Waals surface area contributed by atoms with Crippen LogP contribution in [0.2, 0.25) is 0 Å². The van der Waals surface area contributed by atoms with Crippen LogP contribution in [-0.4, -0.2) is 13.2 Å². The van der Waals surface area contributed by atoms with Crippen LogP contribution in [-0.2, 0) is 9.47 Å². The highest BCUT2D eigenvalue weighted by Crippen LogP contribution is 2.23. The fourth-order valence-electron chi connectivity index (χ4n) is 0.750. The zero-order valence-corrected chi connectivity index (χ0v) is 6.73. The average molecular weight is 141 g/mol. The molecule has 0 spiro atoms. The van der Waals surface area contributed by atoms with Gasteiger partial charge in [0.1, 0.15) is 0 Å². The van der Waals surface area contributed by atoms with E-state index in [2.05, 4.69) is 19.9 Å². The summed E-state index contributed by atoms with van der Waals surface area (Å²) in [6, 6.07) is 0. The molecule has 2 heteroatoms. The first-order valence-electron chi connectivity index (χ1n) is 3.44. The first kappa shape index (κ1) is 7.45. The summed E-state index contributed by atoms with van der Waals surface area (Å²) in [7, 11) is 0. The van der Waals surface area contributed by atoms with Gasteiger partial charge >= 0.3 is 0 Å². The van der Waals surface area contributed by atoms with Crippen LogP contribution in [0.15, 0.2) is 5.95 Å². The van der Waals surface area contributed by atoms with E-state index in [0.29, 0.717) is 5.95 Å². The smallest absolute Gasteiger partial charge is 0.282 e. The Morgan fingerprint density at radius 3 is 2.20 bits per heavy atom. The summed E-state index contributed by atoms with van der Waals surface area (Å²) >= 11 is 0. The molecule has 0 atom stereocenters. The van der Waals surface area contributed by atoms with Crippen molar-refractivity contribution in [3.05, 3.63) is 12.0 Å². The van der Waals surface area contributed by atoms with Crippen LogP contribution in [0.5, 0.6) is 0 Å². The fourth-order valence-corrected chi connectivity index (χ4v) is 0.750. The average Bonchev–Trinajstić information content (AvgIpc) is 1.88. The third kappa shape index (κ3) is 1.66. The molecule has 0 aromatic heterocycles. The van der Waals surface area contributed by atoms with Crippen LogP contribution >= 0.6 is 0 Å². The highest BCUT2D eigenvalue weighted by Gasteiger charge is 2.25. The zero-order valence-electron chi connectivity index (χ0n) is 6.73. The number of hydrogen-bond donors (Lipinski definition) is 0. The number of ether oxygens (including phenoxy) is 2. The summed E-state index contributed by atoms with van der Waals surface area (Å²) in [4.78, 5) is 0. The minimum atomic E-state index is 0.153. The second-order valence-electron chi connectivity index (χ2n) is 3.28. The fraction of sp³-hybridized carbons (Fsp3) is 0.750. The molecule has 0 bridgehead atoms. The molecule has 0 aromatic carbocycles. The molecule has 0 aromatic rings. The van der Waals surface area contributed by atoms with E-state index in [4.69, 9.17) is 9.47 Å². The molecule has 1 aliphatic heterocycles. The molecule has 2 nitrogen and oxygen atoms in total. The lowest BCUT2D eigenvalue weighted by molar-refractivity contribution is -0.0864. The van der Waals surface area contributed by atoms with Crippen molar-refractivity contribution in [3.63, 3.8) is 0 Å². The van der Waals surface area contributed by atoms with Gasteiger partial charge in [-0.1, -0.05) is 13.8 Å². The molecule has 0 unspecified atom stereocenters. The first-order valence-corrected chi connectivity index (χ1v) is 3.44. The molecular weight excluding hydrogens is 128 g/mol. The summed E-state index contributed by atoms with van der Waals surface area (Å²) in [5, 5.41) is 0. The molecule has 0 saturated carbocycles. The van der Waals surface area contributed by atoms with Crippen molar-refractivity contribution in [1.29, 1.82) is 0 Å². The highest BCUT2D eigenvalue weighted by atomic mass is 16.7. The Hall–Kier alpha value is -0.660. The Kier molecular flexibility index (Phi) is 1.88. The van der Waals surface area contributed by atoms with E-state index < -0.39 is 0 Å². The van der Waals surface area contributed by atoms with Gasteiger partial charge in [0, 0.05) is 11.5 Å². The molecule has 0 N–H and O–H groups in total. The van der Waals surface area contributed by atoms with Crippen molar-refractivity contribution in [1.82, 2.24) is 0 Å². The quantitative estimate of drug-likeness (QED) is 0.511. The molecule has 1 radical (unpaired) electrons. The normalized spacial score (nSPS) is 22.9. The Labute approximate surface area is 61.8 Å².